The first-order chi connectivity index (χ1) is 30.0. The van der Waals surface area contributed by atoms with E-state index < -0.39 is 17.2 Å². The molecule has 13 heteroatoms. The van der Waals surface area contributed by atoms with Gasteiger partial charge < -0.3 is 31.9 Å². The number of para-hydroxylation sites is 5. The molecule has 1 atom stereocenters. The molecule has 0 spiro atoms. The molecule has 8 rings (SSSR count). The zero-order valence-corrected chi connectivity index (χ0v) is 34.9. The van der Waals surface area contributed by atoms with Crippen LogP contribution in [-0.4, -0.2) is 26.0 Å². The van der Waals surface area contributed by atoms with Crippen molar-refractivity contribution in [3.05, 3.63) is 187 Å². The fraction of sp³-hybridized carbons (Fsp3) is 0.0208. The predicted molar refractivity (Wildman–Crippen MR) is 238 cm³/mol. The van der Waals surface area contributed by atoms with Crippen LogP contribution in [0.25, 0.3) is 21.5 Å². The number of aldehydes is 3. The van der Waals surface area contributed by atoms with Gasteiger partial charge in [-0.25, -0.2) is 0 Å². The van der Waals surface area contributed by atoms with Crippen molar-refractivity contribution in [2.24, 2.45) is 0 Å². The summed E-state index contributed by atoms with van der Waals surface area (Å²) in [5.41, 5.74) is 0.906. The van der Waals surface area contributed by atoms with Crippen LogP contribution in [0.1, 0.15) is 31.1 Å². The molecule has 0 saturated heterocycles. The molecule has 8 aromatic rings. The van der Waals surface area contributed by atoms with Crippen LogP contribution in [-0.2, 0) is 0 Å². The number of methoxy groups -OCH3 is 1. The van der Waals surface area contributed by atoms with Crippen molar-refractivity contribution in [3.63, 3.8) is 0 Å². The average molecular weight is 865 g/mol. The fourth-order valence-electron chi connectivity index (χ4n) is 6.17. The highest BCUT2D eigenvalue weighted by Crippen LogP contribution is 2.54. The minimum Gasteiger partial charge on any atom is -0.493 e. The maximum absolute atomic E-state index is 12.1. The highest BCUT2D eigenvalue weighted by Gasteiger charge is 2.28. The summed E-state index contributed by atoms with van der Waals surface area (Å²) in [6, 6.07) is 50.8. The summed E-state index contributed by atoms with van der Waals surface area (Å²) < 4.78 is 44.5. The number of carbonyl (C=O) groups is 3. The van der Waals surface area contributed by atoms with E-state index in [2.05, 4.69) is 0 Å². The van der Waals surface area contributed by atoms with Crippen molar-refractivity contribution < 1.29 is 46.3 Å². The van der Waals surface area contributed by atoms with Gasteiger partial charge in [0.2, 0.25) is 0 Å². The lowest BCUT2D eigenvalue weighted by molar-refractivity contribution is 0.111. The number of fused-ring (bicyclic) bond motifs is 2. The molecular formula is C48H34O10P2S. The van der Waals surface area contributed by atoms with E-state index in [0.29, 0.717) is 68.3 Å². The molecule has 302 valence electrons. The van der Waals surface area contributed by atoms with Crippen LogP contribution >= 0.6 is 29.0 Å². The summed E-state index contributed by atoms with van der Waals surface area (Å²) in [4.78, 5) is 37.6. The Bertz CT molecular complexity index is 2800. The summed E-state index contributed by atoms with van der Waals surface area (Å²) >= 11 is 1.39. The van der Waals surface area contributed by atoms with E-state index in [9.17, 15) is 14.4 Å². The number of hydrogen-bond acceptors (Lipinski definition) is 11. The third kappa shape index (κ3) is 9.45. The Morgan fingerprint density at radius 1 is 0.361 bits per heavy atom. The van der Waals surface area contributed by atoms with Gasteiger partial charge in [-0.05, 0) is 82.2 Å². The normalized spacial score (nSPS) is 11.4. The standard InChI is InChI=1S/C48H34O10P2S/c1-52-43-24-12-13-25-44(43)56-60(55-42-23-11-6-18-37(42)32-51)58-46-29-27-34-15-3-8-20-39(34)48(46)61-47-38-19-7-2-14-33(38)26-28-45(47)57-59(53-40-21-9-4-16-35(40)30-49)54-41-22-10-5-17-36(41)31-50/h2-32H,1H3. The molecule has 1 unspecified atom stereocenters. The molecule has 0 fully saturated rings. The highest BCUT2D eigenvalue weighted by molar-refractivity contribution is 8.00. The van der Waals surface area contributed by atoms with Gasteiger partial charge in [-0.1, -0.05) is 121 Å². The second-order valence-electron chi connectivity index (χ2n) is 12.9. The van der Waals surface area contributed by atoms with E-state index >= 15 is 0 Å². The summed E-state index contributed by atoms with van der Waals surface area (Å²) in [6.45, 7) is 0. The van der Waals surface area contributed by atoms with Gasteiger partial charge in [0.1, 0.15) is 28.7 Å². The maximum atomic E-state index is 12.1. The zero-order valence-electron chi connectivity index (χ0n) is 32.3. The van der Waals surface area contributed by atoms with Crippen molar-refractivity contribution >= 4 is 69.4 Å². The first kappa shape index (κ1) is 40.9. The lowest BCUT2D eigenvalue weighted by Gasteiger charge is -2.23. The Morgan fingerprint density at radius 2 is 0.689 bits per heavy atom. The monoisotopic (exact) mass is 864 g/mol. The van der Waals surface area contributed by atoms with Crippen molar-refractivity contribution in [2.45, 2.75) is 9.79 Å². The molecule has 0 aliphatic heterocycles. The first-order valence-electron chi connectivity index (χ1n) is 18.7. The van der Waals surface area contributed by atoms with Crippen LogP contribution in [0, 0.1) is 0 Å². The SMILES string of the molecule is COc1ccccc1OP(Oc1ccccc1C=O)Oc1ccc2ccccc2c1Sc1c(OP(Oc2ccccc2C=O)Oc2ccccc2C=O)ccc2ccccc12. The van der Waals surface area contributed by atoms with Crippen LogP contribution in [0.15, 0.2) is 180 Å². The van der Waals surface area contributed by atoms with Crippen molar-refractivity contribution in [1.29, 1.82) is 0 Å². The van der Waals surface area contributed by atoms with Gasteiger partial charge >= 0.3 is 17.2 Å². The van der Waals surface area contributed by atoms with Gasteiger partial charge in [-0.15, -0.1) is 0 Å². The predicted octanol–water partition coefficient (Wildman–Crippen LogP) is 13.1. The summed E-state index contributed by atoms with van der Waals surface area (Å²) in [5, 5.41) is 3.58. The van der Waals surface area contributed by atoms with Crippen molar-refractivity contribution in [2.75, 3.05) is 7.11 Å². The lowest BCUT2D eigenvalue weighted by atomic mass is 10.1. The minimum absolute atomic E-state index is 0.242. The van der Waals surface area contributed by atoms with Gasteiger partial charge in [-0.3, -0.25) is 14.4 Å². The lowest BCUT2D eigenvalue weighted by Crippen LogP contribution is -2.06. The molecule has 0 aliphatic rings. The van der Waals surface area contributed by atoms with Gasteiger partial charge in [0, 0.05) is 0 Å². The highest BCUT2D eigenvalue weighted by atomic mass is 32.2. The molecular weight excluding hydrogens is 831 g/mol. The molecule has 0 aromatic heterocycles. The Balaban J connectivity index is 1.24. The number of rotatable bonds is 18. The molecule has 0 amide bonds. The Kier molecular flexibility index (Phi) is 13.0. The van der Waals surface area contributed by atoms with E-state index in [1.54, 1.807) is 98.1 Å². The average Bonchev–Trinajstić information content (AvgIpc) is 3.31. The molecule has 0 saturated carbocycles. The smallest absolute Gasteiger partial charge is 0.493 e. The number of benzene rings is 8. The molecule has 0 heterocycles. The molecule has 8 aromatic carbocycles. The summed E-state index contributed by atoms with van der Waals surface area (Å²) in [6.07, 6.45) is 2.09. The Labute approximate surface area is 357 Å². The van der Waals surface area contributed by atoms with Gasteiger partial charge in [0.15, 0.2) is 30.4 Å². The number of carbonyl (C=O) groups excluding carboxylic acids is 3. The topological polar surface area (TPSA) is 116 Å². The molecule has 61 heavy (non-hydrogen) atoms. The van der Waals surface area contributed by atoms with Crippen LogP contribution in [0.5, 0.6) is 40.2 Å². The summed E-state index contributed by atoms with van der Waals surface area (Å²) in [5.74, 6) is 2.41. The first-order valence-corrected chi connectivity index (χ1v) is 21.7. The van der Waals surface area contributed by atoms with E-state index in [4.69, 9.17) is 31.9 Å². The van der Waals surface area contributed by atoms with Crippen LogP contribution < -0.4 is 31.9 Å². The quantitative estimate of drug-likeness (QED) is 0.0606. The second kappa shape index (κ2) is 19.4. The van der Waals surface area contributed by atoms with Crippen LogP contribution in [0.2, 0.25) is 0 Å². The van der Waals surface area contributed by atoms with Crippen molar-refractivity contribution in [3.8, 4) is 40.2 Å². The van der Waals surface area contributed by atoms with Gasteiger partial charge in [-0.2, -0.15) is 0 Å². The minimum atomic E-state index is -2.34. The second-order valence-corrected chi connectivity index (χ2v) is 16.0. The molecule has 0 radical (unpaired) electrons. The third-order valence-corrected chi connectivity index (χ3v) is 12.5. The van der Waals surface area contributed by atoms with Crippen LogP contribution in [0.3, 0.4) is 0 Å². The van der Waals surface area contributed by atoms with Gasteiger partial charge in [0.25, 0.3) is 0 Å². The molecule has 10 nitrogen and oxygen atoms in total. The number of hydrogen-bond donors (Lipinski definition) is 0. The Hall–Kier alpha value is -6.90. The van der Waals surface area contributed by atoms with Crippen LogP contribution in [0.4, 0.5) is 0 Å². The molecule has 0 N–H and O–H groups in total. The van der Waals surface area contributed by atoms with E-state index in [0.717, 1.165) is 21.5 Å². The fourth-order valence-corrected chi connectivity index (χ4v) is 9.65. The number of ether oxygens (including phenoxy) is 1. The maximum Gasteiger partial charge on any atom is 0.530 e. The van der Waals surface area contributed by atoms with E-state index in [1.807, 2.05) is 78.9 Å². The largest absolute Gasteiger partial charge is 0.530 e. The van der Waals surface area contributed by atoms with E-state index in [1.165, 1.54) is 11.8 Å². The third-order valence-electron chi connectivity index (χ3n) is 9.14. The summed E-state index contributed by atoms with van der Waals surface area (Å²) in [7, 11) is -3.08. The molecule has 0 aliphatic carbocycles. The van der Waals surface area contributed by atoms with E-state index in [-0.39, 0.29) is 17.2 Å². The van der Waals surface area contributed by atoms with Crippen molar-refractivity contribution in [1.82, 2.24) is 0 Å². The molecule has 0 bridgehead atoms. The van der Waals surface area contributed by atoms with Gasteiger partial charge in [0.05, 0.1) is 33.6 Å². The zero-order chi connectivity index (χ0) is 42.0. The Morgan fingerprint density at radius 3 is 1.10 bits per heavy atom.